The summed E-state index contributed by atoms with van der Waals surface area (Å²) < 4.78 is 46.7. The minimum Gasteiger partial charge on any atom is -0.342 e. The van der Waals surface area contributed by atoms with Crippen molar-refractivity contribution >= 4 is 11.8 Å². The summed E-state index contributed by atoms with van der Waals surface area (Å²) in [7, 11) is 0. The number of likely N-dealkylation sites (tertiary alicyclic amines) is 1. The topological polar surface area (TPSA) is 49.9 Å². The highest BCUT2D eigenvalue weighted by Gasteiger charge is 2.58. The lowest BCUT2D eigenvalue weighted by Crippen LogP contribution is -2.51. The van der Waals surface area contributed by atoms with E-state index in [2.05, 4.69) is 0 Å². The third-order valence-corrected chi connectivity index (χ3v) is 6.54. The molecule has 0 aliphatic carbocycles. The van der Waals surface area contributed by atoms with Gasteiger partial charge in [0.1, 0.15) is 23.7 Å². The van der Waals surface area contributed by atoms with Crippen molar-refractivity contribution in [2.24, 2.45) is 0 Å². The first kappa shape index (κ1) is 20.1. The number of amides is 2. The lowest BCUT2D eigenvalue weighted by atomic mass is 9.89. The lowest BCUT2D eigenvalue weighted by Gasteiger charge is -2.37. The molecule has 2 aromatic rings. The molecule has 3 aliphatic rings. The van der Waals surface area contributed by atoms with Gasteiger partial charge < -0.3 is 14.5 Å². The average Bonchev–Trinajstić information content (AvgIpc) is 3.26. The zero-order valence-electron chi connectivity index (χ0n) is 16.7. The summed E-state index contributed by atoms with van der Waals surface area (Å²) in [5.41, 5.74) is -0.197. The van der Waals surface area contributed by atoms with Crippen molar-refractivity contribution in [2.75, 3.05) is 13.1 Å². The maximum atomic E-state index is 13.7. The number of piperidine rings is 1. The van der Waals surface area contributed by atoms with Gasteiger partial charge in [0.2, 0.25) is 0 Å². The Morgan fingerprint density at radius 2 is 1.58 bits per heavy atom. The molecule has 0 radical (unpaired) electrons. The van der Waals surface area contributed by atoms with Crippen LogP contribution in [0.1, 0.15) is 47.6 Å². The van der Waals surface area contributed by atoms with Gasteiger partial charge in [0.15, 0.2) is 5.60 Å². The smallest absolute Gasteiger partial charge is 0.257 e. The van der Waals surface area contributed by atoms with Gasteiger partial charge in [0.05, 0.1) is 6.04 Å². The van der Waals surface area contributed by atoms with Crippen molar-refractivity contribution in [1.29, 1.82) is 0 Å². The number of nitrogens with zero attached hydrogens (tertiary/aromatic N) is 2. The predicted octanol–water partition coefficient (Wildman–Crippen LogP) is 3.80. The molecular formula is C23H21F3N2O3. The van der Waals surface area contributed by atoms with Gasteiger partial charge in [-0.2, -0.15) is 0 Å². The van der Waals surface area contributed by atoms with Crippen LogP contribution in [0.25, 0.3) is 0 Å². The van der Waals surface area contributed by atoms with E-state index in [4.69, 9.17) is 4.74 Å². The molecule has 31 heavy (non-hydrogen) atoms. The number of carbonyl (C=O) groups excluding carboxylic acids is 2. The standard InChI is InChI=1S/C23H21F3N2O3/c24-16-3-1-14(2-4-16)21(29)27-9-7-23(8-10-27)22(30)28-19(5-6-20(28)31-23)15-11-17(25)13-18(26)12-15/h1-4,11-13,19-20H,5-10H2/t19-,20?/m0/s1. The maximum absolute atomic E-state index is 13.7. The van der Waals surface area contributed by atoms with Crippen LogP contribution in [0.2, 0.25) is 0 Å². The molecule has 1 unspecified atom stereocenters. The van der Waals surface area contributed by atoms with Crippen molar-refractivity contribution in [2.45, 2.75) is 43.6 Å². The Hall–Kier alpha value is -2.87. The van der Waals surface area contributed by atoms with Gasteiger partial charge in [-0.25, -0.2) is 13.2 Å². The second-order valence-corrected chi connectivity index (χ2v) is 8.37. The molecule has 5 nitrogen and oxygen atoms in total. The molecule has 0 bridgehead atoms. The summed E-state index contributed by atoms with van der Waals surface area (Å²) in [5, 5.41) is 0. The molecule has 0 N–H and O–H groups in total. The first-order valence-electron chi connectivity index (χ1n) is 10.4. The molecule has 2 atom stereocenters. The molecule has 162 valence electrons. The predicted molar refractivity (Wildman–Crippen MR) is 104 cm³/mol. The second-order valence-electron chi connectivity index (χ2n) is 8.37. The van der Waals surface area contributed by atoms with Crippen LogP contribution in [0, 0.1) is 17.5 Å². The van der Waals surface area contributed by atoms with Crippen molar-refractivity contribution in [3.63, 3.8) is 0 Å². The fourth-order valence-electron chi connectivity index (χ4n) is 4.99. The highest BCUT2D eigenvalue weighted by Crippen LogP contribution is 2.47. The highest BCUT2D eigenvalue weighted by molar-refractivity contribution is 5.95. The van der Waals surface area contributed by atoms with E-state index in [0.29, 0.717) is 49.9 Å². The van der Waals surface area contributed by atoms with E-state index in [9.17, 15) is 22.8 Å². The number of rotatable bonds is 2. The number of halogens is 3. The van der Waals surface area contributed by atoms with Gasteiger partial charge >= 0.3 is 0 Å². The fourth-order valence-corrected chi connectivity index (χ4v) is 4.99. The Morgan fingerprint density at radius 1 is 0.935 bits per heavy atom. The summed E-state index contributed by atoms with van der Waals surface area (Å²) >= 11 is 0. The van der Waals surface area contributed by atoms with Crippen LogP contribution in [0.3, 0.4) is 0 Å². The molecule has 3 fully saturated rings. The largest absolute Gasteiger partial charge is 0.342 e. The normalized spacial score (nSPS) is 24.7. The van der Waals surface area contributed by atoms with Gasteiger partial charge in [-0.05, 0) is 54.8 Å². The van der Waals surface area contributed by atoms with E-state index >= 15 is 0 Å². The van der Waals surface area contributed by atoms with E-state index < -0.39 is 35.3 Å². The molecule has 3 saturated heterocycles. The van der Waals surface area contributed by atoms with Gasteiger partial charge in [0.25, 0.3) is 11.8 Å². The van der Waals surface area contributed by atoms with E-state index in [1.165, 1.54) is 36.4 Å². The third kappa shape index (κ3) is 3.39. The molecule has 0 saturated carbocycles. The summed E-state index contributed by atoms with van der Waals surface area (Å²) in [6, 6.07) is 8.28. The van der Waals surface area contributed by atoms with E-state index in [1.807, 2.05) is 0 Å². The third-order valence-electron chi connectivity index (χ3n) is 6.54. The molecule has 2 amide bonds. The second kappa shape index (κ2) is 7.37. The number of benzene rings is 2. The molecule has 8 heteroatoms. The molecular weight excluding hydrogens is 409 g/mol. The van der Waals surface area contributed by atoms with Crippen molar-refractivity contribution in [3.8, 4) is 0 Å². The Labute approximate surface area is 177 Å². The average molecular weight is 430 g/mol. The summed E-state index contributed by atoms with van der Waals surface area (Å²) in [6.45, 7) is 0.670. The molecule has 5 rings (SSSR count). The Bertz CT molecular complexity index is 1010. The Morgan fingerprint density at radius 3 is 2.23 bits per heavy atom. The summed E-state index contributed by atoms with van der Waals surface area (Å²) in [5.74, 6) is -2.15. The number of hydrogen-bond donors (Lipinski definition) is 0. The zero-order chi connectivity index (χ0) is 21.8. The van der Waals surface area contributed by atoms with Crippen LogP contribution >= 0.6 is 0 Å². The van der Waals surface area contributed by atoms with E-state index in [0.717, 1.165) is 6.07 Å². The van der Waals surface area contributed by atoms with Crippen LogP contribution < -0.4 is 0 Å². The zero-order valence-corrected chi connectivity index (χ0v) is 16.7. The van der Waals surface area contributed by atoms with Crippen molar-refractivity contribution < 1.29 is 27.5 Å². The quantitative estimate of drug-likeness (QED) is 0.728. The minimum absolute atomic E-state index is 0.182. The van der Waals surface area contributed by atoms with Gasteiger partial charge in [0, 0.05) is 37.6 Å². The lowest BCUT2D eigenvalue weighted by molar-refractivity contribution is -0.142. The summed E-state index contributed by atoms with van der Waals surface area (Å²) in [4.78, 5) is 29.3. The molecule has 0 aromatic heterocycles. The first-order chi connectivity index (χ1) is 14.9. The van der Waals surface area contributed by atoms with E-state index in [-0.39, 0.29) is 11.8 Å². The Kier molecular flexibility index (Phi) is 4.77. The van der Waals surface area contributed by atoms with Gasteiger partial charge in [-0.3, -0.25) is 9.59 Å². The van der Waals surface area contributed by atoms with Gasteiger partial charge in [-0.15, -0.1) is 0 Å². The molecule has 3 aliphatic heterocycles. The number of ether oxygens (including phenoxy) is 1. The molecule has 3 heterocycles. The number of fused-ring (bicyclic) bond motifs is 1. The van der Waals surface area contributed by atoms with Crippen LogP contribution in [-0.4, -0.2) is 46.5 Å². The van der Waals surface area contributed by atoms with Crippen LogP contribution in [-0.2, 0) is 9.53 Å². The van der Waals surface area contributed by atoms with Crippen LogP contribution in [0.5, 0.6) is 0 Å². The Balaban J connectivity index is 1.31. The van der Waals surface area contributed by atoms with Crippen molar-refractivity contribution in [1.82, 2.24) is 9.80 Å². The molecule has 2 aromatic carbocycles. The first-order valence-corrected chi connectivity index (χ1v) is 10.4. The van der Waals surface area contributed by atoms with Crippen LogP contribution in [0.15, 0.2) is 42.5 Å². The SMILES string of the molecule is O=C(c1ccc(F)cc1)N1CCC2(CC1)OC1CC[C@@H](c3cc(F)cc(F)c3)N1C2=O. The van der Waals surface area contributed by atoms with E-state index in [1.54, 1.807) is 9.80 Å². The number of hydrogen-bond acceptors (Lipinski definition) is 3. The number of carbonyl (C=O) groups is 2. The van der Waals surface area contributed by atoms with Crippen LogP contribution in [0.4, 0.5) is 13.2 Å². The summed E-state index contributed by atoms with van der Waals surface area (Å²) in [6.07, 6.45) is 1.42. The van der Waals surface area contributed by atoms with Crippen molar-refractivity contribution in [3.05, 3.63) is 71.0 Å². The maximum Gasteiger partial charge on any atom is 0.257 e. The fraction of sp³-hybridized carbons (Fsp3) is 0.391. The highest BCUT2D eigenvalue weighted by atomic mass is 19.1. The monoisotopic (exact) mass is 430 g/mol. The minimum atomic E-state index is -1.02. The van der Waals surface area contributed by atoms with Gasteiger partial charge in [-0.1, -0.05) is 0 Å². The molecule has 1 spiro atoms.